The predicted molar refractivity (Wildman–Crippen MR) is 118 cm³/mol. The molecule has 30 heavy (non-hydrogen) atoms. The number of halogens is 1. The summed E-state index contributed by atoms with van der Waals surface area (Å²) < 4.78 is 13.1. The Hall–Kier alpha value is -2.98. The van der Waals surface area contributed by atoms with Crippen LogP contribution in [0, 0.1) is 5.82 Å². The van der Waals surface area contributed by atoms with Crippen LogP contribution in [-0.4, -0.2) is 41.9 Å². The minimum Gasteiger partial charge on any atom is -0.330 e. The topological polar surface area (TPSA) is 23.6 Å². The van der Waals surface area contributed by atoms with Crippen molar-refractivity contribution < 1.29 is 9.18 Å². The second-order valence-corrected chi connectivity index (χ2v) is 7.82. The molecule has 0 N–H and O–H groups in total. The van der Waals surface area contributed by atoms with E-state index in [1.165, 1.54) is 12.1 Å². The molecule has 1 heterocycles. The Morgan fingerprint density at radius 1 is 0.800 bits per heavy atom. The largest absolute Gasteiger partial charge is 0.330 e. The number of amides is 1. The molecule has 1 amide bonds. The van der Waals surface area contributed by atoms with Gasteiger partial charge in [-0.25, -0.2) is 4.39 Å². The molecule has 0 saturated carbocycles. The van der Waals surface area contributed by atoms with Crippen LogP contribution >= 0.6 is 0 Å². The van der Waals surface area contributed by atoms with E-state index >= 15 is 0 Å². The first kappa shape index (κ1) is 20.3. The third kappa shape index (κ3) is 4.95. The first-order valence-corrected chi connectivity index (χ1v) is 10.6. The Balaban J connectivity index is 1.49. The molecule has 0 unspecified atom stereocenters. The Labute approximate surface area is 177 Å². The maximum absolute atomic E-state index is 13.3. The van der Waals surface area contributed by atoms with Gasteiger partial charge in [-0.15, -0.1) is 0 Å². The van der Waals surface area contributed by atoms with Gasteiger partial charge in [-0.3, -0.25) is 9.69 Å². The first-order chi connectivity index (χ1) is 14.7. The minimum atomic E-state index is -0.216. The first-order valence-electron chi connectivity index (χ1n) is 10.6. The van der Waals surface area contributed by atoms with Crippen molar-refractivity contribution in [3.8, 4) is 0 Å². The minimum absolute atomic E-state index is 0.0723. The molecule has 1 fully saturated rings. The summed E-state index contributed by atoms with van der Waals surface area (Å²) in [4.78, 5) is 17.6. The fourth-order valence-corrected chi connectivity index (χ4v) is 4.18. The van der Waals surface area contributed by atoms with E-state index in [-0.39, 0.29) is 17.8 Å². The lowest BCUT2D eigenvalue weighted by Gasteiger charge is -2.32. The number of rotatable bonds is 6. The molecule has 0 atom stereocenters. The number of hydrogen-bond acceptors (Lipinski definition) is 2. The summed E-state index contributed by atoms with van der Waals surface area (Å²) in [6.45, 7) is 2.84. The van der Waals surface area contributed by atoms with E-state index in [1.807, 2.05) is 53.4 Å². The van der Waals surface area contributed by atoms with Crippen LogP contribution in [0.2, 0.25) is 0 Å². The molecular weight excluding hydrogens is 375 g/mol. The maximum atomic E-state index is 13.3. The number of hydrogen-bond donors (Lipinski definition) is 0. The number of nitrogens with zero attached hydrogens (tertiary/aromatic N) is 2. The van der Waals surface area contributed by atoms with E-state index in [9.17, 15) is 9.18 Å². The highest BCUT2D eigenvalue weighted by Gasteiger charge is 2.29. The van der Waals surface area contributed by atoms with Crippen LogP contribution in [0.5, 0.6) is 0 Å². The van der Waals surface area contributed by atoms with Crippen molar-refractivity contribution >= 4 is 5.91 Å². The molecule has 0 radical (unpaired) electrons. The maximum Gasteiger partial charge on any atom is 0.237 e. The van der Waals surface area contributed by atoms with Crippen molar-refractivity contribution in [2.24, 2.45) is 0 Å². The molecule has 0 aromatic heterocycles. The fourth-order valence-electron chi connectivity index (χ4n) is 4.18. The second kappa shape index (κ2) is 9.68. The molecule has 154 valence electrons. The van der Waals surface area contributed by atoms with Gasteiger partial charge < -0.3 is 4.90 Å². The Bertz CT molecular complexity index is 904. The lowest BCUT2D eigenvalue weighted by atomic mass is 9.97. The van der Waals surface area contributed by atoms with Gasteiger partial charge in [0.25, 0.3) is 0 Å². The van der Waals surface area contributed by atoms with Crippen LogP contribution in [0.1, 0.15) is 29.2 Å². The molecule has 4 heteroatoms. The van der Waals surface area contributed by atoms with Crippen LogP contribution in [0.25, 0.3) is 0 Å². The Morgan fingerprint density at radius 3 is 2.00 bits per heavy atom. The smallest absolute Gasteiger partial charge is 0.237 e. The second-order valence-electron chi connectivity index (χ2n) is 7.82. The van der Waals surface area contributed by atoms with Crippen molar-refractivity contribution in [3.05, 3.63) is 107 Å². The molecule has 0 bridgehead atoms. The summed E-state index contributed by atoms with van der Waals surface area (Å²) in [5, 5.41) is 0. The average Bonchev–Trinajstić information content (AvgIpc) is 2.96. The van der Waals surface area contributed by atoms with Crippen LogP contribution in [0.4, 0.5) is 4.39 Å². The van der Waals surface area contributed by atoms with Gasteiger partial charge >= 0.3 is 0 Å². The van der Waals surface area contributed by atoms with E-state index < -0.39 is 0 Å². The van der Waals surface area contributed by atoms with Gasteiger partial charge in [-0.2, -0.15) is 0 Å². The lowest BCUT2D eigenvalue weighted by molar-refractivity contribution is -0.132. The van der Waals surface area contributed by atoms with Crippen molar-refractivity contribution in [1.82, 2.24) is 9.80 Å². The van der Waals surface area contributed by atoms with E-state index in [2.05, 4.69) is 29.2 Å². The highest BCUT2D eigenvalue weighted by atomic mass is 19.1. The standard InChI is InChI=1S/C26H27FN2O/c27-24-14-12-21(13-15-24)16-19-28-17-7-18-29(25(30)20-28)26(22-8-3-1-4-9-22)23-10-5-2-6-11-23/h1-6,8-15,26H,7,16-20H2. The van der Waals surface area contributed by atoms with E-state index in [0.717, 1.165) is 49.2 Å². The van der Waals surface area contributed by atoms with Gasteiger partial charge in [0.15, 0.2) is 0 Å². The van der Waals surface area contributed by atoms with Gasteiger partial charge in [0, 0.05) is 19.6 Å². The normalized spacial score (nSPS) is 15.4. The zero-order valence-corrected chi connectivity index (χ0v) is 17.1. The highest BCUT2D eigenvalue weighted by molar-refractivity contribution is 5.79. The summed E-state index contributed by atoms with van der Waals surface area (Å²) in [5.74, 6) is -0.0588. The van der Waals surface area contributed by atoms with Crippen LogP contribution in [0.15, 0.2) is 84.9 Å². The molecule has 3 aromatic carbocycles. The summed E-state index contributed by atoms with van der Waals surface area (Å²) in [7, 11) is 0. The third-order valence-corrected chi connectivity index (χ3v) is 5.72. The molecule has 0 spiro atoms. The number of carbonyl (C=O) groups is 1. The van der Waals surface area contributed by atoms with Gasteiger partial charge in [0.05, 0.1) is 12.6 Å². The van der Waals surface area contributed by atoms with Crippen LogP contribution in [0.3, 0.4) is 0 Å². The SMILES string of the molecule is O=C1CN(CCc2ccc(F)cc2)CCCN1C(c1ccccc1)c1ccccc1. The highest BCUT2D eigenvalue weighted by Crippen LogP contribution is 2.30. The lowest BCUT2D eigenvalue weighted by Crippen LogP contribution is -2.40. The zero-order chi connectivity index (χ0) is 20.8. The molecule has 1 saturated heterocycles. The monoisotopic (exact) mass is 402 g/mol. The van der Waals surface area contributed by atoms with Crippen molar-refractivity contribution in [2.45, 2.75) is 18.9 Å². The quantitative estimate of drug-likeness (QED) is 0.597. The third-order valence-electron chi connectivity index (χ3n) is 5.72. The average molecular weight is 403 g/mol. The summed E-state index contributed by atoms with van der Waals surface area (Å²) in [6, 6.07) is 27.1. The van der Waals surface area contributed by atoms with E-state index in [4.69, 9.17) is 0 Å². The molecule has 0 aliphatic carbocycles. The number of benzene rings is 3. The van der Waals surface area contributed by atoms with Crippen molar-refractivity contribution in [1.29, 1.82) is 0 Å². The predicted octanol–water partition coefficient (Wildman–Crippen LogP) is 4.69. The molecule has 3 nitrogen and oxygen atoms in total. The van der Waals surface area contributed by atoms with Crippen LogP contribution < -0.4 is 0 Å². The zero-order valence-electron chi connectivity index (χ0n) is 17.1. The van der Waals surface area contributed by atoms with Gasteiger partial charge in [-0.1, -0.05) is 72.8 Å². The molecule has 1 aliphatic rings. The van der Waals surface area contributed by atoms with Crippen LogP contribution in [-0.2, 0) is 11.2 Å². The molecule has 4 rings (SSSR count). The molecule has 3 aromatic rings. The summed E-state index contributed by atoms with van der Waals surface area (Å²) >= 11 is 0. The number of carbonyl (C=O) groups excluding carboxylic acids is 1. The van der Waals surface area contributed by atoms with Gasteiger partial charge in [-0.05, 0) is 41.7 Å². The molecule has 1 aliphatic heterocycles. The Morgan fingerprint density at radius 2 is 1.40 bits per heavy atom. The van der Waals surface area contributed by atoms with E-state index in [1.54, 1.807) is 0 Å². The summed E-state index contributed by atoms with van der Waals surface area (Å²) in [5.41, 5.74) is 3.37. The summed E-state index contributed by atoms with van der Waals surface area (Å²) in [6.07, 6.45) is 1.75. The van der Waals surface area contributed by atoms with Gasteiger partial charge in [0.1, 0.15) is 5.82 Å². The Kier molecular flexibility index (Phi) is 6.55. The van der Waals surface area contributed by atoms with Crippen molar-refractivity contribution in [2.75, 3.05) is 26.2 Å². The van der Waals surface area contributed by atoms with Crippen molar-refractivity contribution in [3.63, 3.8) is 0 Å². The van der Waals surface area contributed by atoms with Gasteiger partial charge in [0.2, 0.25) is 5.91 Å². The van der Waals surface area contributed by atoms with E-state index in [0.29, 0.717) is 6.54 Å². The molecular formula is C26H27FN2O. The fraction of sp³-hybridized carbons (Fsp3) is 0.269.